The van der Waals surface area contributed by atoms with E-state index in [1.54, 1.807) is 41.5 Å². The number of methoxy groups -OCH3 is 1. The third-order valence-corrected chi connectivity index (χ3v) is 12.2. The summed E-state index contributed by atoms with van der Waals surface area (Å²) in [6.07, 6.45) is -8.19. The lowest BCUT2D eigenvalue weighted by Gasteiger charge is -2.48. The van der Waals surface area contributed by atoms with Gasteiger partial charge in [0, 0.05) is 38.1 Å². The van der Waals surface area contributed by atoms with E-state index in [0.29, 0.717) is 13.0 Å². The molecule has 0 aromatic rings. The molecule has 0 aliphatic carbocycles. The second-order valence-corrected chi connectivity index (χ2v) is 17.2. The van der Waals surface area contributed by atoms with Crippen LogP contribution in [0.15, 0.2) is 0 Å². The summed E-state index contributed by atoms with van der Waals surface area (Å²) in [5.41, 5.74) is -4.37. The Labute approximate surface area is 312 Å². The molecule has 0 spiro atoms. The second-order valence-electron chi connectivity index (χ2n) is 17.2. The van der Waals surface area contributed by atoms with Gasteiger partial charge in [-0.3, -0.25) is 4.79 Å². The van der Waals surface area contributed by atoms with Gasteiger partial charge >= 0.3 is 5.97 Å². The number of carbonyl (C=O) groups excluding carboxylic acids is 1. The van der Waals surface area contributed by atoms with Gasteiger partial charge in [0.2, 0.25) is 0 Å². The fourth-order valence-corrected chi connectivity index (χ4v) is 8.74. The molecule has 14 nitrogen and oxygen atoms in total. The number of hydrogen-bond donors (Lipinski definition) is 5. The van der Waals surface area contributed by atoms with Crippen LogP contribution in [-0.2, 0) is 33.2 Å². The first-order valence-electron chi connectivity index (χ1n) is 19.1. The van der Waals surface area contributed by atoms with Crippen LogP contribution in [0, 0.1) is 17.8 Å². The smallest absolute Gasteiger partial charge is 0.311 e. The molecule has 5 N–H and O–H groups in total. The molecule has 0 bridgehead atoms. The van der Waals surface area contributed by atoms with Gasteiger partial charge in [-0.15, -0.1) is 0 Å². The molecule has 3 aliphatic heterocycles. The van der Waals surface area contributed by atoms with E-state index in [9.17, 15) is 30.3 Å². The molecular formula is C38H72N2O12. The van der Waals surface area contributed by atoms with Gasteiger partial charge in [0.05, 0.1) is 41.5 Å². The summed E-state index contributed by atoms with van der Waals surface area (Å²) in [5, 5.41) is 58.1. The number of ether oxygens (including phenoxy) is 6. The molecular weight excluding hydrogens is 676 g/mol. The van der Waals surface area contributed by atoms with Crippen LogP contribution >= 0.6 is 0 Å². The highest BCUT2D eigenvalue weighted by atomic mass is 16.7. The van der Waals surface area contributed by atoms with Crippen LogP contribution in [0.2, 0.25) is 0 Å². The Hall–Kier alpha value is -1.01. The number of aliphatic hydroxyl groups is 5. The summed E-state index contributed by atoms with van der Waals surface area (Å²) in [7, 11) is 7.12. The third kappa shape index (κ3) is 10.0. The largest absolute Gasteiger partial charge is 0.459 e. The van der Waals surface area contributed by atoms with Crippen LogP contribution in [0.3, 0.4) is 0 Å². The van der Waals surface area contributed by atoms with Crippen molar-refractivity contribution in [2.45, 2.75) is 185 Å². The maximum absolute atomic E-state index is 14.2. The highest BCUT2D eigenvalue weighted by Crippen LogP contribution is 2.40. The van der Waals surface area contributed by atoms with Crippen LogP contribution in [0.1, 0.15) is 94.9 Å². The fraction of sp³-hybridized carbons (Fsp3) is 0.974. The zero-order chi connectivity index (χ0) is 39.7. The molecule has 0 saturated carbocycles. The Morgan fingerprint density at radius 2 is 1.56 bits per heavy atom. The third-order valence-electron chi connectivity index (χ3n) is 12.2. The van der Waals surface area contributed by atoms with Crippen molar-refractivity contribution in [2.75, 3.05) is 34.8 Å². The van der Waals surface area contributed by atoms with Crippen LogP contribution < -0.4 is 0 Å². The zero-order valence-corrected chi connectivity index (χ0v) is 34.2. The molecule has 3 heterocycles. The summed E-state index contributed by atoms with van der Waals surface area (Å²) in [6.45, 7) is 18.0. The van der Waals surface area contributed by atoms with Crippen molar-refractivity contribution >= 4 is 5.97 Å². The van der Waals surface area contributed by atoms with Crippen molar-refractivity contribution < 1.29 is 58.7 Å². The predicted molar refractivity (Wildman–Crippen MR) is 194 cm³/mol. The number of cyclic esters (lactones) is 1. The van der Waals surface area contributed by atoms with Crippen molar-refractivity contribution in [3.63, 3.8) is 0 Å². The maximum atomic E-state index is 14.2. The number of carbonyl (C=O) groups is 1. The number of rotatable bonds is 7. The van der Waals surface area contributed by atoms with Gasteiger partial charge in [0.1, 0.15) is 30.0 Å². The van der Waals surface area contributed by atoms with E-state index in [1.165, 1.54) is 14.0 Å². The molecule has 3 saturated heterocycles. The minimum Gasteiger partial charge on any atom is -0.459 e. The molecule has 3 aliphatic rings. The minimum atomic E-state index is -1.80. The van der Waals surface area contributed by atoms with Gasteiger partial charge in [-0.1, -0.05) is 20.8 Å². The first kappa shape index (κ1) is 45.4. The van der Waals surface area contributed by atoms with Crippen LogP contribution in [0.4, 0.5) is 0 Å². The molecule has 18 atom stereocenters. The minimum absolute atomic E-state index is 0.133. The quantitative estimate of drug-likeness (QED) is 0.238. The van der Waals surface area contributed by atoms with Crippen LogP contribution in [0.25, 0.3) is 0 Å². The topological polar surface area (TPSA) is 180 Å². The molecule has 0 amide bonds. The van der Waals surface area contributed by atoms with Crippen molar-refractivity contribution in [3.05, 3.63) is 0 Å². The Bertz CT molecular complexity index is 1140. The molecule has 5 unspecified atom stereocenters. The van der Waals surface area contributed by atoms with Crippen molar-refractivity contribution in [1.29, 1.82) is 0 Å². The summed E-state index contributed by atoms with van der Waals surface area (Å²) in [6, 6.07) is -0.808. The highest BCUT2D eigenvalue weighted by molar-refractivity contribution is 5.73. The van der Waals surface area contributed by atoms with E-state index >= 15 is 0 Å². The van der Waals surface area contributed by atoms with Crippen molar-refractivity contribution in [2.24, 2.45) is 17.8 Å². The van der Waals surface area contributed by atoms with Crippen LogP contribution in [-0.4, -0.2) is 166 Å². The first-order chi connectivity index (χ1) is 23.9. The summed E-state index contributed by atoms with van der Waals surface area (Å²) in [5.74, 6) is -2.58. The number of esters is 1. The molecule has 3 rings (SSSR count). The molecule has 0 aromatic heterocycles. The van der Waals surface area contributed by atoms with Crippen molar-refractivity contribution in [3.8, 4) is 0 Å². The van der Waals surface area contributed by atoms with Gasteiger partial charge in [-0.05, 0) is 94.8 Å². The Balaban J connectivity index is 2.17. The first-order valence-corrected chi connectivity index (χ1v) is 19.1. The van der Waals surface area contributed by atoms with Gasteiger partial charge in [0.25, 0.3) is 0 Å². The summed E-state index contributed by atoms with van der Waals surface area (Å²) in [4.78, 5) is 18.0. The van der Waals surface area contributed by atoms with Gasteiger partial charge < -0.3 is 63.8 Å². The Kier molecular flexibility index (Phi) is 15.6. The average molecular weight is 749 g/mol. The molecule has 14 heteroatoms. The maximum Gasteiger partial charge on any atom is 0.311 e. The van der Waals surface area contributed by atoms with E-state index in [1.807, 2.05) is 51.7 Å². The van der Waals surface area contributed by atoms with Gasteiger partial charge in [-0.2, -0.15) is 0 Å². The Morgan fingerprint density at radius 1 is 0.942 bits per heavy atom. The summed E-state index contributed by atoms with van der Waals surface area (Å²) >= 11 is 0. The van der Waals surface area contributed by atoms with E-state index < -0.39 is 96.0 Å². The molecule has 306 valence electrons. The van der Waals surface area contributed by atoms with E-state index in [-0.39, 0.29) is 37.3 Å². The zero-order valence-electron chi connectivity index (χ0n) is 34.2. The highest BCUT2D eigenvalue weighted by Gasteiger charge is 2.52. The van der Waals surface area contributed by atoms with Crippen LogP contribution in [0.5, 0.6) is 0 Å². The van der Waals surface area contributed by atoms with E-state index in [0.717, 1.165) is 0 Å². The average Bonchev–Trinajstić information content (AvgIpc) is 3.05. The van der Waals surface area contributed by atoms with E-state index in [4.69, 9.17) is 28.4 Å². The number of likely N-dealkylation sites (N-methyl/N-ethyl adjacent to an activating group) is 2. The SMILES string of the molecule is CC[C@H]1OC(=O)[C@H](C)[C@@H](O[C@H]2CC(C)(OC)C(O)[C@@H](C)O2)[C@H](C)[C@@H](O[C@@H]2OC(C)CC(N(C)C)C2O)[C@](C)(O)C[C@@H](C)CN(C)[C@H](C)[C@@H](O)[C@]1(C)O. The fourth-order valence-electron chi connectivity index (χ4n) is 8.74. The van der Waals surface area contributed by atoms with E-state index in [2.05, 4.69) is 0 Å². The summed E-state index contributed by atoms with van der Waals surface area (Å²) < 4.78 is 37.5. The standard InChI is InChI=1S/C38H72N2O12/c1-15-27-38(10,46)31(42)24(6)40(13)19-20(2)17-36(8,45)33(52-35-29(41)26(39(11)12)16-21(3)48-35)22(4)30(23(5)34(44)50-27)51-28-18-37(9,47-14)32(43)25(7)49-28/h20-33,35,41-43,45-46H,15-19H2,1-14H3/t20-,21?,22+,23-,24-,25-,26?,27-,28+,29?,30+,31-,32?,33-,35+,36-,37?,38-/m1/s1. The lowest BCUT2D eigenvalue weighted by molar-refractivity contribution is -0.318. The Morgan fingerprint density at radius 3 is 2.12 bits per heavy atom. The monoisotopic (exact) mass is 749 g/mol. The normalized spacial score (nSPS) is 49.6. The molecule has 0 radical (unpaired) electrons. The second kappa shape index (κ2) is 17.8. The molecule has 52 heavy (non-hydrogen) atoms. The molecule has 3 fully saturated rings. The number of hydrogen-bond acceptors (Lipinski definition) is 14. The lowest BCUT2D eigenvalue weighted by atomic mass is 9.77. The lowest BCUT2D eigenvalue weighted by Crippen LogP contribution is -2.60. The number of aliphatic hydroxyl groups excluding tert-OH is 3. The van der Waals surface area contributed by atoms with Crippen molar-refractivity contribution in [1.82, 2.24) is 9.80 Å². The predicted octanol–water partition coefficient (Wildman–Crippen LogP) is 1.90. The number of nitrogens with zero attached hydrogens (tertiary/aromatic N) is 2. The van der Waals surface area contributed by atoms with Gasteiger partial charge in [0.15, 0.2) is 12.6 Å². The van der Waals surface area contributed by atoms with Gasteiger partial charge in [-0.25, -0.2) is 0 Å². The molecule has 0 aromatic carbocycles.